The molecule has 0 aliphatic heterocycles. The average molecular weight is 283 g/mol. The minimum Gasteiger partial charge on any atom is -0.504 e. The van der Waals surface area contributed by atoms with Gasteiger partial charge in [-0.1, -0.05) is 31.4 Å². The average Bonchev–Trinajstić information content (AvgIpc) is 2.44. The number of phenolic OH excluding ortho intramolecular Hbond substituents is 1. The number of phenols is 1. The van der Waals surface area contributed by atoms with Gasteiger partial charge in [0.05, 0.1) is 5.02 Å². The zero-order chi connectivity index (χ0) is 13.6. The molecule has 1 aromatic carbocycles. The van der Waals surface area contributed by atoms with Gasteiger partial charge in [0.1, 0.15) is 0 Å². The van der Waals surface area contributed by atoms with E-state index < -0.39 is 5.82 Å². The zero-order valence-electron chi connectivity index (χ0n) is 11.3. The van der Waals surface area contributed by atoms with Gasteiger partial charge < -0.3 is 5.11 Å². The zero-order valence-corrected chi connectivity index (χ0v) is 12.1. The Labute approximate surface area is 118 Å². The van der Waals surface area contributed by atoms with Crippen LogP contribution >= 0.6 is 11.6 Å². The lowest BCUT2D eigenvalue weighted by Crippen LogP contribution is -2.41. The Balaban J connectivity index is 2.23. The van der Waals surface area contributed by atoms with Crippen LogP contribution in [0.15, 0.2) is 6.07 Å². The number of rotatable bonds is 1. The Morgan fingerprint density at radius 3 is 2.95 bits per heavy atom. The Hall–Kier alpha value is -0.760. The second kappa shape index (κ2) is 4.66. The normalized spacial score (nSPS) is 29.7. The Kier molecular flexibility index (Phi) is 3.24. The Morgan fingerprint density at radius 1 is 1.42 bits per heavy atom. The summed E-state index contributed by atoms with van der Waals surface area (Å²) in [5, 5.41) is 10.1. The topological polar surface area (TPSA) is 20.2 Å². The van der Waals surface area contributed by atoms with Crippen molar-refractivity contribution in [3.8, 4) is 5.75 Å². The monoisotopic (exact) mass is 282 g/mol. The fourth-order valence-corrected chi connectivity index (χ4v) is 4.83. The van der Waals surface area contributed by atoms with Crippen LogP contribution in [-0.2, 0) is 11.8 Å². The van der Waals surface area contributed by atoms with E-state index in [-0.39, 0.29) is 16.2 Å². The molecule has 0 unspecified atom stereocenters. The van der Waals surface area contributed by atoms with Crippen LogP contribution in [0, 0.1) is 11.7 Å². The summed E-state index contributed by atoms with van der Waals surface area (Å²) in [6.07, 6.45) is 7.88. The van der Waals surface area contributed by atoms with E-state index in [0.717, 1.165) is 36.8 Å². The largest absolute Gasteiger partial charge is 0.504 e. The standard InChI is InChI=1S/C16H20ClFO/c1-2-16-8-4-3-5-11(16)7-6-10-9-12(18)15(19)14(17)13(10)16/h9,11,19H,2-8H2,1H3/t11-,16-/m1/s1. The molecule has 1 N–H and O–H groups in total. The molecular weight excluding hydrogens is 263 g/mol. The van der Waals surface area contributed by atoms with Gasteiger partial charge >= 0.3 is 0 Å². The highest BCUT2D eigenvalue weighted by Crippen LogP contribution is 2.55. The predicted molar refractivity (Wildman–Crippen MR) is 75.3 cm³/mol. The molecule has 2 aliphatic rings. The molecule has 3 heteroatoms. The first kappa shape index (κ1) is 13.2. The molecule has 0 aromatic heterocycles. The molecule has 0 spiro atoms. The second-order valence-electron chi connectivity index (χ2n) is 6.05. The van der Waals surface area contributed by atoms with Crippen molar-refractivity contribution in [1.82, 2.24) is 0 Å². The van der Waals surface area contributed by atoms with Gasteiger partial charge in [-0.15, -0.1) is 0 Å². The fourth-order valence-electron chi connectivity index (χ4n) is 4.43. The molecule has 0 amide bonds. The highest BCUT2D eigenvalue weighted by Gasteiger charge is 2.46. The summed E-state index contributed by atoms with van der Waals surface area (Å²) in [6.45, 7) is 2.20. The summed E-state index contributed by atoms with van der Waals surface area (Å²) in [7, 11) is 0. The second-order valence-corrected chi connectivity index (χ2v) is 6.42. The predicted octanol–water partition coefficient (Wildman–Crippen LogP) is 4.97. The van der Waals surface area contributed by atoms with Crippen LogP contribution < -0.4 is 0 Å². The molecule has 0 saturated heterocycles. The molecule has 3 rings (SSSR count). The van der Waals surface area contributed by atoms with E-state index in [4.69, 9.17) is 11.6 Å². The molecule has 2 atom stereocenters. The number of aryl methyl sites for hydroxylation is 1. The number of fused-ring (bicyclic) bond motifs is 3. The highest BCUT2D eigenvalue weighted by molar-refractivity contribution is 6.33. The molecule has 19 heavy (non-hydrogen) atoms. The number of benzene rings is 1. The molecule has 1 saturated carbocycles. The third-order valence-electron chi connectivity index (χ3n) is 5.37. The van der Waals surface area contributed by atoms with Gasteiger partial charge in [0.25, 0.3) is 0 Å². The molecule has 0 bridgehead atoms. The maximum absolute atomic E-state index is 13.7. The van der Waals surface area contributed by atoms with E-state index in [2.05, 4.69) is 6.92 Å². The van der Waals surface area contributed by atoms with E-state index in [9.17, 15) is 9.50 Å². The van der Waals surface area contributed by atoms with Crippen molar-refractivity contribution in [2.75, 3.05) is 0 Å². The Morgan fingerprint density at radius 2 is 2.21 bits per heavy atom. The van der Waals surface area contributed by atoms with Crippen molar-refractivity contribution in [3.63, 3.8) is 0 Å². The minimum absolute atomic E-state index is 0.0636. The van der Waals surface area contributed by atoms with Crippen molar-refractivity contribution < 1.29 is 9.50 Å². The van der Waals surface area contributed by atoms with E-state index >= 15 is 0 Å². The molecule has 0 radical (unpaired) electrons. The van der Waals surface area contributed by atoms with Crippen molar-refractivity contribution in [3.05, 3.63) is 28.0 Å². The van der Waals surface area contributed by atoms with Crippen LogP contribution in [0.3, 0.4) is 0 Å². The molecule has 0 heterocycles. The summed E-state index contributed by atoms with van der Waals surface area (Å²) >= 11 is 6.31. The van der Waals surface area contributed by atoms with Gasteiger partial charge in [0, 0.05) is 0 Å². The summed E-state index contributed by atoms with van der Waals surface area (Å²) in [5.41, 5.74) is 2.13. The van der Waals surface area contributed by atoms with Crippen LogP contribution in [0.25, 0.3) is 0 Å². The number of aromatic hydroxyl groups is 1. The fraction of sp³-hybridized carbons (Fsp3) is 0.625. The lowest BCUT2D eigenvalue weighted by atomic mass is 9.56. The van der Waals surface area contributed by atoms with Gasteiger partial charge in [0.2, 0.25) is 0 Å². The first-order valence-corrected chi connectivity index (χ1v) is 7.68. The molecular formula is C16H20ClFO. The first-order chi connectivity index (χ1) is 9.10. The van der Waals surface area contributed by atoms with E-state index in [1.807, 2.05) is 0 Å². The minimum atomic E-state index is -0.579. The van der Waals surface area contributed by atoms with Gasteiger partial charge in [-0.2, -0.15) is 0 Å². The third kappa shape index (κ3) is 1.79. The molecule has 1 fully saturated rings. The van der Waals surface area contributed by atoms with Crippen LogP contribution in [0.1, 0.15) is 56.6 Å². The van der Waals surface area contributed by atoms with Crippen LogP contribution in [0.5, 0.6) is 5.75 Å². The third-order valence-corrected chi connectivity index (χ3v) is 5.74. The van der Waals surface area contributed by atoms with Gasteiger partial charge in [-0.05, 0) is 60.6 Å². The van der Waals surface area contributed by atoms with Crippen LogP contribution in [0.2, 0.25) is 5.02 Å². The van der Waals surface area contributed by atoms with Crippen molar-refractivity contribution in [1.29, 1.82) is 0 Å². The molecule has 2 aliphatic carbocycles. The van der Waals surface area contributed by atoms with Gasteiger partial charge in [-0.25, -0.2) is 4.39 Å². The lowest BCUT2D eigenvalue weighted by Gasteiger charge is -2.49. The summed E-state index contributed by atoms with van der Waals surface area (Å²) in [4.78, 5) is 0. The van der Waals surface area contributed by atoms with E-state index in [1.165, 1.54) is 25.3 Å². The summed E-state index contributed by atoms with van der Waals surface area (Å²) in [5.74, 6) is -0.301. The van der Waals surface area contributed by atoms with Crippen LogP contribution in [-0.4, -0.2) is 5.11 Å². The Bertz CT molecular complexity index is 514. The number of hydrogen-bond acceptors (Lipinski definition) is 1. The SMILES string of the molecule is CC[C@@]12CCCC[C@@H]1CCc1cc(F)c(O)c(Cl)c12. The van der Waals surface area contributed by atoms with Crippen LogP contribution in [0.4, 0.5) is 4.39 Å². The van der Waals surface area contributed by atoms with Gasteiger partial charge in [-0.3, -0.25) is 0 Å². The highest BCUT2D eigenvalue weighted by atomic mass is 35.5. The van der Waals surface area contributed by atoms with Crippen molar-refractivity contribution in [2.45, 2.75) is 57.3 Å². The first-order valence-electron chi connectivity index (χ1n) is 7.30. The molecule has 1 nitrogen and oxygen atoms in total. The van der Waals surface area contributed by atoms with E-state index in [1.54, 1.807) is 0 Å². The van der Waals surface area contributed by atoms with Crippen molar-refractivity contribution >= 4 is 11.6 Å². The lowest BCUT2D eigenvalue weighted by molar-refractivity contribution is 0.153. The summed E-state index contributed by atoms with van der Waals surface area (Å²) in [6, 6.07) is 1.50. The molecule has 104 valence electrons. The van der Waals surface area contributed by atoms with Crippen molar-refractivity contribution in [2.24, 2.45) is 5.92 Å². The number of hydrogen-bond donors (Lipinski definition) is 1. The maximum Gasteiger partial charge on any atom is 0.170 e. The molecule has 1 aromatic rings. The number of halogens is 2. The van der Waals surface area contributed by atoms with E-state index in [0.29, 0.717) is 5.92 Å². The van der Waals surface area contributed by atoms with Gasteiger partial charge in [0.15, 0.2) is 11.6 Å². The quantitative estimate of drug-likeness (QED) is 0.771. The smallest absolute Gasteiger partial charge is 0.170 e. The maximum atomic E-state index is 13.7. The summed E-state index contributed by atoms with van der Waals surface area (Å²) < 4.78 is 13.7.